The van der Waals surface area contributed by atoms with Crippen molar-refractivity contribution in [2.75, 3.05) is 17.7 Å². The minimum Gasteiger partial charge on any atom is -0.495 e. The number of carbonyl (C=O) groups excluding carboxylic acids is 1. The Morgan fingerprint density at radius 1 is 1.19 bits per heavy atom. The fourth-order valence-electron chi connectivity index (χ4n) is 2.31. The number of urea groups is 1. The van der Waals surface area contributed by atoms with Gasteiger partial charge in [-0.25, -0.2) is 14.2 Å². The molecular weight excluding hydrogens is 375 g/mol. The van der Waals surface area contributed by atoms with Crippen molar-refractivity contribution in [2.24, 2.45) is 0 Å². The molecule has 0 radical (unpaired) electrons. The van der Waals surface area contributed by atoms with Crippen molar-refractivity contribution < 1.29 is 13.9 Å². The average Bonchev–Trinajstić information content (AvgIpc) is 2.65. The van der Waals surface area contributed by atoms with Gasteiger partial charge < -0.3 is 10.1 Å². The molecule has 0 spiro atoms. The van der Waals surface area contributed by atoms with E-state index >= 15 is 0 Å². The van der Waals surface area contributed by atoms with Crippen molar-refractivity contribution >= 4 is 29.1 Å². The number of amides is 2. The Hall–Kier alpha value is -3.39. The number of aromatic nitrogens is 2. The van der Waals surface area contributed by atoms with E-state index in [1.807, 2.05) is 0 Å². The predicted molar refractivity (Wildman–Crippen MR) is 100 cm³/mol. The van der Waals surface area contributed by atoms with Crippen LogP contribution in [0, 0.1) is 5.82 Å². The molecule has 0 saturated carbocycles. The van der Waals surface area contributed by atoms with Crippen molar-refractivity contribution in [2.45, 2.75) is 0 Å². The SMILES string of the molecule is COc1ccc(-n2ccnc(NC(=O)Nc3ccc(F)cc3)c2=O)cc1Cl. The molecule has 2 N–H and O–H groups in total. The Kier molecular flexibility index (Phi) is 5.37. The summed E-state index contributed by atoms with van der Waals surface area (Å²) in [5.74, 6) is -0.129. The maximum Gasteiger partial charge on any atom is 0.325 e. The van der Waals surface area contributed by atoms with Gasteiger partial charge in [-0.15, -0.1) is 0 Å². The molecular formula is C18H14ClFN4O3. The number of rotatable bonds is 4. The molecule has 0 aliphatic heterocycles. The number of nitrogens with zero attached hydrogens (tertiary/aromatic N) is 2. The molecule has 138 valence electrons. The molecule has 0 aliphatic rings. The van der Waals surface area contributed by atoms with E-state index in [2.05, 4.69) is 15.6 Å². The lowest BCUT2D eigenvalue weighted by Crippen LogP contribution is -2.28. The highest BCUT2D eigenvalue weighted by atomic mass is 35.5. The molecule has 0 bridgehead atoms. The van der Waals surface area contributed by atoms with Crippen LogP contribution >= 0.6 is 11.6 Å². The van der Waals surface area contributed by atoms with E-state index in [0.717, 1.165) is 0 Å². The lowest BCUT2D eigenvalue weighted by Gasteiger charge is -2.11. The van der Waals surface area contributed by atoms with Crippen LogP contribution in [0.2, 0.25) is 5.02 Å². The van der Waals surface area contributed by atoms with Gasteiger partial charge in [0.25, 0.3) is 5.56 Å². The topological polar surface area (TPSA) is 85.2 Å². The summed E-state index contributed by atoms with van der Waals surface area (Å²) < 4.78 is 19.3. The normalized spacial score (nSPS) is 10.3. The number of carbonyl (C=O) groups is 1. The van der Waals surface area contributed by atoms with E-state index in [1.54, 1.807) is 18.2 Å². The molecule has 2 amide bonds. The summed E-state index contributed by atoms with van der Waals surface area (Å²) in [5, 5.41) is 5.20. The Bertz CT molecular complexity index is 1040. The molecule has 0 saturated heterocycles. The third kappa shape index (κ3) is 4.24. The van der Waals surface area contributed by atoms with Crippen molar-refractivity contribution in [1.29, 1.82) is 0 Å². The number of methoxy groups -OCH3 is 1. The predicted octanol–water partition coefficient (Wildman–Crippen LogP) is 3.68. The van der Waals surface area contributed by atoms with Gasteiger partial charge in [-0.3, -0.25) is 14.7 Å². The lowest BCUT2D eigenvalue weighted by molar-refractivity contribution is 0.262. The summed E-state index contributed by atoms with van der Waals surface area (Å²) in [6.07, 6.45) is 2.82. The number of benzene rings is 2. The monoisotopic (exact) mass is 388 g/mol. The van der Waals surface area contributed by atoms with Crippen LogP contribution in [-0.4, -0.2) is 22.7 Å². The zero-order valence-corrected chi connectivity index (χ0v) is 14.8. The molecule has 0 fully saturated rings. The summed E-state index contributed by atoms with van der Waals surface area (Å²) >= 11 is 6.09. The second-order valence-electron chi connectivity index (χ2n) is 5.36. The highest BCUT2D eigenvalue weighted by molar-refractivity contribution is 6.32. The molecule has 0 atom stereocenters. The zero-order valence-electron chi connectivity index (χ0n) is 14.1. The number of hydrogen-bond acceptors (Lipinski definition) is 4. The van der Waals surface area contributed by atoms with Crippen molar-refractivity contribution in [3.05, 3.63) is 76.1 Å². The first kappa shape index (κ1) is 18.4. The highest BCUT2D eigenvalue weighted by Gasteiger charge is 2.11. The summed E-state index contributed by atoms with van der Waals surface area (Å²) in [4.78, 5) is 28.6. The quantitative estimate of drug-likeness (QED) is 0.714. The van der Waals surface area contributed by atoms with Crippen LogP contribution in [0.15, 0.2) is 59.7 Å². The molecule has 1 heterocycles. The number of hydrogen-bond donors (Lipinski definition) is 2. The number of ether oxygens (including phenoxy) is 1. The van der Waals surface area contributed by atoms with E-state index in [0.29, 0.717) is 22.1 Å². The first-order valence-corrected chi connectivity index (χ1v) is 8.11. The molecule has 0 unspecified atom stereocenters. The standard InChI is InChI=1S/C18H14ClFN4O3/c1-27-15-7-6-13(10-14(15)19)24-9-8-21-16(17(24)25)23-18(26)22-12-4-2-11(20)3-5-12/h2-10H,1H3,(H2,21,22,23,26). The van der Waals surface area contributed by atoms with Crippen LogP contribution in [0.1, 0.15) is 0 Å². The van der Waals surface area contributed by atoms with Crippen LogP contribution in [0.25, 0.3) is 5.69 Å². The summed E-state index contributed by atoms with van der Waals surface area (Å²) in [5.41, 5.74) is 0.301. The average molecular weight is 389 g/mol. The molecule has 27 heavy (non-hydrogen) atoms. The van der Waals surface area contributed by atoms with Gasteiger partial charge >= 0.3 is 6.03 Å². The van der Waals surface area contributed by atoms with E-state index in [-0.39, 0.29) is 5.82 Å². The van der Waals surface area contributed by atoms with Crippen LogP contribution in [-0.2, 0) is 0 Å². The van der Waals surface area contributed by atoms with Gasteiger partial charge in [-0.05, 0) is 42.5 Å². The van der Waals surface area contributed by atoms with Gasteiger partial charge in [0, 0.05) is 18.1 Å². The summed E-state index contributed by atoms with van der Waals surface area (Å²) in [7, 11) is 1.49. The molecule has 3 rings (SSSR count). The number of halogens is 2. The third-order valence-electron chi connectivity index (χ3n) is 3.59. The minimum atomic E-state index is -0.684. The Balaban J connectivity index is 1.82. The van der Waals surface area contributed by atoms with Gasteiger partial charge in [0.2, 0.25) is 5.82 Å². The summed E-state index contributed by atoms with van der Waals surface area (Å²) in [6.45, 7) is 0. The van der Waals surface area contributed by atoms with Gasteiger partial charge in [-0.1, -0.05) is 11.6 Å². The van der Waals surface area contributed by atoms with E-state index < -0.39 is 17.4 Å². The van der Waals surface area contributed by atoms with Crippen LogP contribution in [0.5, 0.6) is 5.75 Å². The van der Waals surface area contributed by atoms with E-state index in [4.69, 9.17) is 16.3 Å². The fourth-order valence-corrected chi connectivity index (χ4v) is 2.56. The molecule has 9 heteroatoms. The van der Waals surface area contributed by atoms with Crippen LogP contribution < -0.4 is 20.9 Å². The second-order valence-corrected chi connectivity index (χ2v) is 5.76. The minimum absolute atomic E-state index is 0.177. The van der Waals surface area contributed by atoms with Gasteiger partial charge in [0.15, 0.2) is 0 Å². The smallest absolute Gasteiger partial charge is 0.325 e. The van der Waals surface area contributed by atoms with Gasteiger partial charge in [0.05, 0.1) is 17.8 Å². The maximum absolute atomic E-state index is 12.9. The van der Waals surface area contributed by atoms with Crippen molar-refractivity contribution in [3.63, 3.8) is 0 Å². The largest absolute Gasteiger partial charge is 0.495 e. The first-order chi connectivity index (χ1) is 13.0. The third-order valence-corrected chi connectivity index (χ3v) is 3.88. The molecule has 2 aromatic carbocycles. The van der Waals surface area contributed by atoms with Crippen LogP contribution in [0.3, 0.4) is 0 Å². The van der Waals surface area contributed by atoms with E-state index in [9.17, 15) is 14.0 Å². The Morgan fingerprint density at radius 3 is 2.59 bits per heavy atom. The Morgan fingerprint density at radius 2 is 1.93 bits per heavy atom. The van der Waals surface area contributed by atoms with E-state index in [1.165, 1.54) is 48.3 Å². The first-order valence-electron chi connectivity index (χ1n) is 7.73. The van der Waals surface area contributed by atoms with Crippen molar-refractivity contribution in [1.82, 2.24) is 9.55 Å². The number of nitrogens with one attached hydrogen (secondary N) is 2. The van der Waals surface area contributed by atoms with Crippen molar-refractivity contribution in [3.8, 4) is 11.4 Å². The fraction of sp³-hybridized carbons (Fsp3) is 0.0556. The van der Waals surface area contributed by atoms with Crippen LogP contribution in [0.4, 0.5) is 20.7 Å². The molecule has 7 nitrogen and oxygen atoms in total. The molecule has 1 aromatic heterocycles. The highest BCUT2D eigenvalue weighted by Crippen LogP contribution is 2.26. The van der Waals surface area contributed by atoms with Gasteiger partial charge in [-0.2, -0.15) is 0 Å². The summed E-state index contributed by atoms with van der Waals surface area (Å²) in [6, 6.07) is 9.35. The van der Waals surface area contributed by atoms with Gasteiger partial charge in [0.1, 0.15) is 11.6 Å². The Labute approximate surface area is 158 Å². The number of anilines is 2. The zero-order chi connectivity index (χ0) is 19.4. The second kappa shape index (κ2) is 7.88. The molecule has 3 aromatic rings. The molecule has 0 aliphatic carbocycles. The maximum atomic E-state index is 12.9. The lowest BCUT2D eigenvalue weighted by atomic mass is 10.3.